The number of rotatable bonds is 2. The summed E-state index contributed by atoms with van der Waals surface area (Å²) in [6.45, 7) is 0. The smallest absolute Gasteiger partial charge is 0.248 e. The molecule has 6 heteroatoms. The van der Waals surface area contributed by atoms with Gasteiger partial charge in [0.05, 0.1) is 11.0 Å². The van der Waals surface area contributed by atoms with Gasteiger partial charge >= 0.3 is 0 Å². The molecule has 13 rings (SSSR count). The molecule has 50 heavy (non-hydrogen) atoms. The molecule has 0 fully saturated rings. The maximum atomic E-state index is 6.53. The minimum atomic E-state index is 0.521. The molecule has 5 nitrogen and oxygen atoms in total. The zero-order chi connectivity index (χ0) is 32.2. The van der Waals surface area contributed by atoms with Crippen LogP contribution in [-0.4, -0.2) is 14.5 Å². The van der Waals surface area contributed by atoms with E-state index in [2.05, 4.69) is 114 Å². The summed E-state index contributed by atoms with van der Waals surface area (Å²) >= 11 is 1.82. The average Bonchev–Trinajstić information content (AvgIpc) is 3.89. The van der Waals surface area contributed by atoms with Gasteiger partial charge in [-0.2, -0.15) is 4.98 Å². The fraction of sp³-hybridized carbons (Fsp3) is 0. The van der Waals surface area contributed by atoms with E-state index in [0.29, 0.717) is 5.71 Å². The highest BCUT2D eigenvalue weighted by Crippen LogP contribution is 2.51. The molecule has 5 heterocycles. The Kier molecular flexibility index (Phi) is 4.46. The molecule has 12 aromatic rings. The van der Waals surface area contributed by atoms with Crippen LogP contribution in [0.1, 0.15) is 0 Å². The van der Waals surface area contributed by atoms with Crippen LogP contribution in [0.2, 0.25) is 0 Å². The van der Waals surface area contributed by atoms with E-state index in [0.717, 1.165) is 66.5 Å². The summed E-state index contributed by atoms with van der Waals surface area (Å²) in [5, 5.41) is 10.6. The first-order chi connectivity index (χ1) is 24.8. The van der Waals surface area contributed by atoms with Crippen molar-refractivity contribution in [2.24, 2.45) is 0 Å². The van der Waals surface area contributed by atoms with Gasteiger partial charge in [-0.15, -0.1) is 11.3 Å². The van der Waals surface area contributed by atoms with Gasteiger partial charge in [0.25, 0.3) is 0 Å². The molecule has 1 aliphatic carbocycles. The standard InChI is InChI=1S/C44H21N3O2S/c1-3-12-31-27(9-1)42-44(49-31)46-43(41(45-42)23-16-20-35-28(21-23)24-8-2-4-14-34(24)50-35)47-29-17-15-22-7-5-10-25-26-11-6-13-32-37(26)40-33(48-32)19-18-30(47)39(40)38(29)36(22)25/h1-21H. The lowest BCUT2D eigenvalue weighted by Gasteiger charge is -2.14. The Hall–Kier alpha value is -6.50. The molecule has 0 bridgehead atoms. The molecule has 0 saturated heterocycles. The molecular formula is C44H21N3O2S. The Bertz CT molecular complexity index is 3510. The van der Waals surface area contributed by atoms with Gasteiger partial charge in [-0.05, 0) is 76.5 Å². The second-order valence-electron chi connectivity index (χ2n) is 13.3. The minimum Gasteiger partial charge on any atom is -0.456 e. The number of furan rings is 2. The summed E-state index contributed by atoms with van der Waals surface area (Å²) < 4.78 is 17.8. The van der Waals surface area contributed by atoms with Crippen molar-refractivity contribution in [1.29, 1.82) is 0 Å². The molecule has 0 amide bonds. The number of para-hydroxylation sites is 1. The highest BCUT2D eigenvalue weighted by atomic mass is 32.1. The summed E-state index contributed by atoms with van der Waals surface area (Å²) in [4.78, 5) is 10.9. The molecule has 230 valence electrons. The van der Waals surface area contributed by atoms with E-state index in [4.69, 9.17) is 18.8 Å². The monoisotopic (exact) mass is 655 g/mol. The van der Waals surface area contributed by atoms with Crippen molar-refractivity contribution in [2.45, 2.75) is 0 Å². The van der Waals surface area contributed by atoms with Crippen LogP contribution >= 0.6 is 11.3 Å². The maximum absolute atomic E-state index is 6.53. The first kappa shape index (κ1) is 25.5. The van der Waals surface area contributed by atoms with Gasteiger partial charge in [0.15, 0.2) is 5.82 Å². The summed E-state index contributed by atoms with van der Waals surface area (Å²) in [7, 11) is 0. The van der Waals surface area contributed by atoms with Crippen LogP contribution in [-0.2, 0) is 0 Å². The van der Waals surface area contributed by atoms with Gasteiger partial charge in [0.2, 0.25) is 5.71 Å². The summed E-state index contributed by atoms with van der Waals surface area (Å²) in [6.07, 6.45) is 0. The normalized spacial score (nSPS) is 12.8. The maximum Gasteiger partial charge on any atom is 0.248 e. The predicted octanol–water partition coefficient (Wildman–Crippen LogP) is 12.5. The Balaban J connectivity index is 1.24. The molecule has 0 aliphatic heterocycles. The van der Waals surface area contributed by atoms with Crippen molar-refractivity contribution in [2.75, 3.05) is 0 Å². The fourth-order valence-electron chi connectivity index (χ4n) is 8.69. The number of hydrogen-bond acceptors (Lipinski definition) is 5. The van der Waals surface area contributed by atoms with Crippen molar-refractivity contribution in [3.8, 4) is 28.2 Å². The van der Waals surface area contributed by atoms with Gasteiger partial charge in [-0.1, -0.05) is 72.8 Å². The SMILES string of the molecule is c1cc2c3c(c1)ccc1c3c3c4c(ccc3n1-c1nc3oc5ccccc5c3nc1-c1ccc3sc5ccccc5c3c1)oc1cccc-2c14. The summed E-state index contributed by atoms with van der Waals surface area (Å²) in [6, 6.07) is 45.2. The fourth-order valence-corrected chi connectivity index (χ4v) is 9.78. The van der Waals surface area contributed by atoms with Crippen molar-refractivity contribution >= 4 is 108 Å². The molecule has 0 saturated carbocycles. The zero-order valence-corrected chi connectivity index (χ0v) is 27.0. The van der Waals surface area contributed by atoms with Crippen LogP contribution in [0.25, 0.3) is 125 Å². The minimum absolute atomic E-state index is 0.521. The largest absolute Gasteiger partial charge is 0.456 e. The van der Waals surface area contributed by atoms with Crippen LogP contribution in [0.3, 0.4) is 0 Å². The van der Waals surface area contributed by atoms with E-state index in [9.17, 15) is 0 Å². The van der Waals surface area contributed by atoms with Crippen molar-refractivity contribution < 1.29 is 8.83 Å². The number of hydrogen-bond donors (Lipinski definition) is 0. The van der Waals surface area contributed by atoms with E-state index in [-0.39, 0.29) is 0 Å². The van der Waals surface area contributed by atoms with E-state index in [1.54, 1.807) is 0 Å². The number of thiophene rings is 1. The van der Waals surface area contributed by atoms with Crippen LogP contribution < -0.4 is 0 Å². The average molecular weight is 656 g/mol. The second kappa shape index (κ2) is 8.74. The van der Waals surface area contributed by atoms with Crippen LogP contribution in [0.5, 0.6) is 0 Å². The predicted molar refractivity (Wildman–Crippen MR) is 206 cm³/mol. The molecule has 0 spiro atoms. The summed E-state index contributed by atoms with van der Waals surface area (Å²) in [5.41, 5.74) is 10.2. The molecule has 1 aliphatic rings. The van der Waals surface area contributed by atoms with Crippen molar-refractivity contribution in [3.05, 3.63) is 127 Å². The van der Waals surface area contributed by atoms with Crippen molar-refractivity contribution in [1.82, 2.24) is 14.5 Å². The third-order valence-corrected chi connectivity index (χ3v) is 11.9. The molecule has 0 radical (unpaired) electrons. The van der Waals surface area contributed by atoms with Gasteiger partial charge in [-0.3, -0.25) is 4.57 Å². The molecule has 0 N–H and O–H groups in total. The molecule has 0 atom stereocenters. The Morgan fingerprint density at radius 1 is 0.500 bits per heavy atom. The third kappa shape index (κ3) is 3.01. The van der Waals surface area contributed by atoms with Crippen molar-refractivity contribution in [3.63, 3.8) is 0 Å². The van der Waals surface area contributed by atoms with E-state index < -0.39 is 0 Å². The highest BCUT2D eigenvalue weighted by molar-refractivity contribution is 7.25. The molecule has 0 unspecified atom stereocenters. The number of benzene rings is 7. The van der Waals surface area contributed by atoms with Crippen LogP contribution in [0, 0.1) is 0 Å². The molecule has 5 aromatic heterocycles. The summed E-state index contributed by atoms with van der Waals surface area (Å²) in [5.74, 6) is 0.736. The molecular weight excluding hydrogens is 635 g/mol. The number of aromatic nitrogens is 3. The van der Waals surface area contributed by atoms with Gasteiger partial charge in [-0.25, -0.2) is 4.98 Å². The van der Waals surface area contributed by atoms with Gasteiger partial charge in [0.1, 0.15) is 28.0 Å². The highest BCUT2D eigenvalue weighted by Gasteiger charge is 2.28. The first-order valence-corrected chi connectivity index (χ1v) is 17.6. The topological polar surface area (TPSA) is 57.0 Å². The van der Waals surface area contributed by atoms with E-state index in [1.807, 2.05) is 29.5 Å². The van der Waals surface area contributed by atoms with Crippen LogP contribution in [0.15, 0.2) is 136 Å². The quantitative estimate of drug-likeness (QED) is 0.186. The Labute approximate surface area is 286 Å². The van der Waals surface area contributed by atoms with E-state index >= 15 is 0 Å². The van der Waals surface area contributed by atoms with Gasteiger partial charge < -0.3 is 8.83 Å². The first-order valence-electron chi connectivity index (χ1n) is 16.7. The Morgan fingerprint density at radius 2 is 1.24 bits per heavy atom. The second-order valence-corrected chi connectivity index (χ2v) is 14.4. The lowest BCUT2D eigenvalue weighted by molar-refractivity contribution is 0.652. The third-order valence-electron chi connectivity index (χ3n) is 10.7. The molecule has 7 aromatic carbocycles. The lowest BCUT2D eigenvalue weighted by atomic mass is 9.95. The van der Waals surface area contributed by atoms with Crippen LogP contribution in [0.4, 0.5) is 0 Å². The number of fused-ring (bicyclic) bond motifs is 7. The van der Waals surface area contributed by atoms with Gasteiger partial charge in [0, 0.05) is 52.7 Å². The Morgan fingerprint density at radius 3 is 2.18 bits per heavy atom. The zero-order valence-electron chi connectivity index (χ0n) is 26.2. The van der Waals surface area contributed by atoms with E-state index in [1.165, 1.54) is 52.8 Å². The lowest BCUT2D eigenvalue weighted by Crippen LogP contribution is -2.03. The number of nitrogens with zero attached hydrogens (tertiary/aromatic N) is 3.